The third kappa shape index (κ3) is 4.33. The molecule has 0 spiro atoms. The van der Waals surface area contributed by atoms with Crippen molar-refractivity contribution >= 4 is 40.4 Å². The lowest BCUT2D eigenvalue weighted by molar-refractivity contribution is 0.0647. The maximum atomic E-state index is 13.4. The Balaban J connectivity index is 1.31. The monoisotopic (exact) mass is 506 g/mol. The molecule has 2 aliphatic heterocycles. The Hall–Kier alpha value is -5.08. The molecule has 0 unspecified atom stereocenters. The van der Waals surface area contributed by atoms with E-state index >= 15 is 0 Å². The summed E-state index contributed by atoms with van der Waals surface area (Å²) < 4.78 is 5.45. The van der Waals surface area contributed by atoms with Crippen LogP contribution in [0.5, 0.6) is 0 Å². The van der Waals surface area contributed by atoms with Crippen LogP contribution in [0.25, 0.3) is 10.8 Å². The number of anilines is 3. The number of aromatic nitrogens is 3. The maximum absolute atomic E-state index is 13.4. The first-order valence-corrected chi connectivity index (χ1v) is 12.1. The predicted molar refractivity (Wildman–Crippen MR) is 139 cm³/mol. The number of carbonyl (C=O) groups excluding carboxylic acids is 2. The van der Waals surface area contributed by atoms with E-state index in [0.717, 1.165) is 16.0 Å². The minimum atomic E-state index is -0.486. The number of nitrogens with one attached hydrogen (secondary N) is 2. The molecule has 2 amide bonds. The van der Waals surface area contributed by atoms with Gasteiger partial charge in [-0.05, 0) is 35.2 Å². The second-order valence-corrected chi connectivity index (χ2v) is 8.81. The van der Waals surface area contributed by atoms with Crippen molar-refractivity contribution in [3.8, 4) is 6.07 Å². The first-order valence-electron chi connectivity index (χ1n) is 12.1. The highest BCUT2D eigenvalue weighted by Gasteiger charge is 2.34. The smallest absolute Gasteiger partial charge is 0.280 e. The number of nitriles is 1. The molecule has 0 aliphatic carbocycles. The third-order valence-electron chi connectivity index (χ3n) is 6.43. The van der Waals surface area contributed by atoms with Crippen molar-refractivity contribution in [3.05, 3.63) is 82.9 Å². The summed E-state index contributed by atoms with van der Waals surface area (Å²) in [7, 11) is 0. The molecular formula is C27H22N8O3. The Morgan fingerprint density at radius 1 is 0.868 bits per heavy atom. The first-order chi connectivity index (χ1) is 18.6. The zero-order valence-corrected chi connectivity index (χ0v) is 20.2. The van der Waals surface area contributed by atoms with Crippen LogP contribution in [0.2, 0.25) is 0 Å². The van der Waals surface area contributed by atoms with Crippen LogP contribution in [-0.2, 0) is 11.3 Å². The van der Waals surface area contributed by atoms with E-state index in [1.54, 1.807) is 36.4 Å². The van der Waals surface area contributed by atoms with Gasteiger partial charge >= 0.3 is 0 Å². The van der Waals surface area contributed by atoms with Crippen LogP contribution in [0.4, 0.5) is 17.8 Å². The van der Waals surface area contributed by atoms with Gasteiger partial charge in [0.25, 0.3) is 11.8 Å². The molecule has 4 aromatic rings. The number of hydrogen-bond donors (Lipinski definition) is 2. The molecule has 3 heterocycles. The van der Waals surface area contributed by atoms with Crippen LogP contribution >= 0.6 is 0 Å². The Labute approximate surface area is 217 Å². The van der Waals surface area contributed by atoms with E-state index in [-0.39, 0.29) is 11.9 Å². The molecule has 1 aromatic heterocycles. The molecule has 38 heavy (non-hydrogen) atoms. The Bertz CT molecular complexity index is 1540. The summed E-state index contributed by atoms with van der Waals surface area (Å²) in [6.07, 6.45) is 0. The highest BCUT2D eigenvalue weighted by atomic mass is 16.5. The van der Waals surface area contributed by atoms with E-state index in [2.05, 4.69) is 31.8 Å². The molecule has 1 fully saturated rings. The fourth-order valence-corrected chi connectivity index (χ4v) is 4.51. The standard InChI is InChI=1S/C27H22N8O3/c28-15-17-7-9-18(10-8-17)16-29-25-30-26(32-27(31-25)34-11-13-38-14-12-34)33-35-23(36)20-5-1-3-19-4-2-6-21(22(19)20)24(35)37/h1-10H,11-14,16H2,(H2,29,30,31,32,33). The number of amides is 2. The zero-order chi connectivity index (χ0) is 26.1. The Morgan fingerprint density at radius 3 is 2.18 bits per heavy atom. The SMILES string of the molecule is N#Cc1ccc(CNc2nc(NN3C(=O)c4cccc5cccc(c45)C3=O)nc(N3CCOCC3)n2)cc1. The number of nitrogens with zero attached hydrogens (tertiary/aromatic N) is 6. The topological polar surface area (TPSA) is 136 Å². The normalized spacial score (nSPS) is 14.9. The molecule has 188 valence electrons. The molecule has 2 N–H and O–H groups in total. The van der Waals surface area contributed by atoms with Gasteiger partial charge in [-0.2, -0.15) is 25.2 Å². The molecule has 1 saturated heterocycles. The second-order valence-electron chi connectivity index (χ2n) is 8.81. The zero-order valence-electron chi connectivity index (χ0n) is 20.2. The van der Waals surface area contributed by atoms with E-state index in [1.807, 2.05) is 29.2 Å². The molecule has 0 bridgehead atoms. The van der Waals surface area contributed by atoms with E-state index < -0.39 is 11.8 Å². The van der Waals surface area contributed by atoms with Crippen molar-refractivity contribution in [2.24, 2.45) is 0 Å². The van der Waals surface area contributed by atoms with Gasteiger partial charge < -0.3 is 15.0 Å². The molecule has 2 aliphatic rings. The average molecular weight is 507 g/mol. The lowest BCUT2D eigenvalue weighted by atomic mass is 9.95. The van der Waals surface area contributed by atoms with Crippen molar-refractivity contribution in [2.75, 3.05) is 41.9 Å². The van der Waals surface area contributed by atoms with Gasteiger partial charge in [0.1, 0.15) is 0 Å². The molecule has 11 heteroatoms. The number of carbonyl (C=O) groups is 2. The van der Waals surface area contributed by atoms with E-state index in [1.165, 1.54) is 0 Å². The van der Waals surface area contributed by atoms with Gasteiger partial charge in [0.05, 0.1) is 36.0 Å². The van der Waals surface area contributed by atoms with E-state index in [4.69, 9.17) is 10.00 Å². The van der Waals surface area contributed by atoms with Crippen LogP contribution in [-0.4, -0.2) is 58.1 Å². The van der Waals surface area contributed by atoms with Crippen molar-refractivity contribution in [1.82, 2.24) is 20.0 Å². The average Bonchev–Trinajstić information content (AvgIpc) is 2.97. The van der Waals surface area contributed by atoms with Crippen LogP contribution in [0.1, 0.15) is 31.8 Å². The van der Waals surface area contributed by atoms with Gasteiger partial charge in [0.15, 0.2) is 0 Å². The molecule has 0 atom stereocenters. The van der Waals surface area contributed by atoms with Crippen molar-refractivity contribution in [1.29, 1.82) is 5.26 Å². The molecule has 0 radical (unpaired) electrons. The van der Waals surface area contributed by atoms with E-state index in [9.17, 15) is 9.59 Å². The molecule has 3 aromatic carbocycles. The summed E-state index contributed by atoms with van der Waals surface area (Å²) in [4.78, 5) is 42.2. The first kappa shape index (κ1) is 23.3. The van der Waals surface area contributed by atoms with Crippen LogP contribution in [0.15, 0.2) is 60.7 Å². The minimum Gasteiger partial charge on any atom is -0.378 e. The number of rotatable bonds is 6. The number of benzene rings is 3. The van der Waals surface area contributed by atoms with Crippen LogP contribution in [0, 0.1) is 11.3 Å². The third-order valence-corrected chi connectivity index (χ3v) is 6.43. The number of hydrazine groups is 1. The number of ether oxygens (including phenoxy) is 1. The van der Waals surface area contributed by atoms with Crippen LogP contribution < -0.4 is 15.6 Å². The number of hydrogen-bond acceptors (Lipinski definition) is 10. The predicted octanol–water partition coefficient (Wildman–Crippen LogP) is 2.97. The summed E-state index contributed by atoms with van der Waals surface area (Å²) >= 11 is 0. The minimum absolute atomic E-state index is 0.0528. The fourth-order valence-electron chi connectivity index (χ4n) is 4.51. The second kappa shape index (κ2) is 9.76. The van der Waals surface area contributed by atoms with Gasteiger partial charge in [0, 0.05) is 25.0 Å². The quantitative estimate of drug-likeness (QED) is 0.376. The maximum Gasteiger partial charge on any atom is 0.280 e. The van der Waals surface area contributed by atoms with Gasteiger partial charge in [-0.15, -0.1) is 0 Å². The summed E-state index contributed by atoms with van der Waals surface area (Å²) in [6, 6.07) is 20.0. The van der Waals surface area contributed by atoms with Gasteiger partial charge in [0.2, 0.25) is 17.8 Å². The lowest BCUT2D eigenvalue weighted by Crippen LogP contribution is -2.45. The molecular weight excluding hydrogens is 484 g/mol. The number of morpholine rings is 1. The van der Waals surface area contributed by atoms with Gasteiger partial charge in [-0.1, -0.05) is 36.4 Å². The molecule has 0 saturated carbocycles. The van der Waals surface area contributed by atoms with Crippen molar-refractivity contribution in [3.63, 3.8) is 0 Å². The highest BCUT2D eigenvalue weighted by Crippen LogP contribution is 2.30. The van der Waals surface area contributed by atoms with Crippen molar-refractivity contribution in [2.45, 2.75) is 6.54 Å². The highest BCUT2D eigenvalue weighted by molar-refractivity contribution is 6.25. The molecule has 6 rings (SSSR count). The van der Waals surface area contributed by atoms with Gasteiger partial charge in [-0.3, -0.25) is 15.0 Å². The summed E-state index contributed by atoms with van der Waals surface area (Å²) in [5.74, 6) is -0.253. The fraction of sp³-hybridized carbons (Fsp3) is 0.185. The lowest BCUT2D eigenvalue weighted by Gasteiger charge is -2.29. The molecule has 11 nitrogen and oxygen atoms in total. The van der Waals surface area contributed by atoms with Crippen LogP contribution in [0.3, 0.4) is 0 Å². The summed E-state index contributed by atoms with van der Waals surface area (Å²) in [6.45, 7) is 2.65. The summed E-state index contributed by atoms with van der Waals surface area (Å²) in [5, 5.41) is 14.6. The largest absolute Gasteiger partial charge is 0.378 e. The van der Waals surface area contributed by atoms with Gasteiger partial charge in [-0.25, -0.2) is 0 Å². The van der Waals surface area contributed by atoms with Crippen molar-refractivity contribution < 1.29 is 14.3 Å². The van der Waals surface area contributed by atoms with E-state index in [0.29, 0.717) is 60.9 Å². The Morgan fingerprint density at radius 2 is 1.53 bits per heavy atom. The summed E-state index contributed by atoms with van der Waals surface area (Å²) in [5.41, 5.74) is 5.18. The number of imide groups is 1. The Kier molecular flexibility index (Phi) is 5.99.